The number of carbonyl (C=O) groups is 1. The van der Waals surface area contributed by atoms with Gasteiger partial charge in [0, 0.05) is 19.0 Å². The molecule has 0 aromatic heterocycles. The lowest BCUT2D eigenvalue weighted by Crippen LogP contribution is -2.47. The fraction of sp³-hybridized carbons (Fsp3) is 0.588. The second-order valence-electron chi connectivity index (χ2n) is 6.17. The first-order valence-corrected chi connectivity index (χ1v) is 7.90. The molecule has 5 nitrogen and oxygen atoms in total. The summed E-state index contributed by atoms with van der Waals surface area (Å²) in [6.07, 6.45) is 2.89. The van der Waals surface area contributed by atoms with Crippen molar-refractivity contribution < 1.29 is 15.0 Å². The first-order chi connectivity index (χ1) is 10.6. The highest BCUT2D eigenvalue weighted by molar-refractivity contribution is 5.77. The van der Waals surface area contributed by atoms with E-state index in [1.165, 1.54) is 5.56 Å². The Morgan fingerprint density at radius 3 is 2.73 bits per heavy atom. The topological polar surface area (TPSA) is 81.6 Å². The largest absolute Gasteiger partial charge is 0.395 e. The normalized spacial score (nSPS) is 27.8. The second kappa shape index (κ2) is 7.72. The molecular formula is C17H26N2O3. The maximum absolute atomic E-state index is 11.8. The van der Waals surface area contributed by atoms with Crippen molar-refractivity contribution in [2.75, 3.05) is 13.7 Å². The Hall–Kier alpha value is -1.43. The van der Waals surface area contributed by atoms with Gasteiger partial charge in [0.25, 0.3) is 0 Å². The number of aryl methyl sites for hydroxylation is 1. The molecule has 3 atom stereocenters. The summed E-state index contributed by atoms with van der Waals surface area (Å²) in [5, 5.41) is 25.4. The maximum atomic E-state index is 11.8. The van der Waals surface area contributed by atoms with Crippen molar-refractivity contribution in [2.24, 2.45) is 0 Å². The second-order valence-corrected chi connectivity index (χ2v) is 6.17. The van der Waals surface area contributed by atoms with Crippen LogP contribution in [-0.2, 0) is 11.2 Å². The number of rotatable bonds is 7. The summed E-state index contributed by atoms with van der Waals surface area (Å²) in [5.74, 6) is -0.0435. The van der Waals surface area contributed by atoms with Gasteiger partial charge in [-0.3, -0.25) is 4.79 Å². The Bertz CT molecular complexity index is 480. The number of nitrogens with one attached hydrogen (secondary N) is 2. The number of hydrogen-bond acceptors (Lipinski definition) is 4. The molecule has 1 aliphatic rings. The van der Waals surface area contributed by atoms with Gasteiger partial charge in [-0.2, -0.15) is 0 Å². The zero-order chi connectivity index (χ0) is 16.0. The van der Waals surface area contributed by atoms with Gasteiger partial charge in [0.2, 0.25) is 5.91 Å². The smallest absolute Gasteiger partial charge is 0.221 e. The van der Waals surface area contributed by atoms with Gasteiger partial charge in [-0.15, -0.1) is 0 Å². The van der Waals surface area contributed by atoms with Crippen molar-refractivity contribution in [3.63, 3.8) is 0 Å². The highest BCUT2D eigenvalue weighted by atomic mass is 16.3. The lowest BCUT2D eigenvalue weighted by atomic mass is 9.86. The molecular weight excluding hydrogens is 280 g/mol. The third-order valence-electron chi connectivity index (χ3n) is 4.49. The summed E-state index contributed by atoms with van der Waals surface area (Å²) < 4.78 is 0. The Morgan fingerprint density at radius 1 is 1.41 bits per heavy atom. The van der Waals surface area contributed by atoms with E-state index in [9.17, 15) is 15.0 Å². The molecule has 1 aromatic carbocycles. The highest BCUT2D eigenvalue weighted by Crippen LogP contribution is 2.32. The molecule has 1 amide bonds. The molecule has 4 N–H and O–H groups in total. The number of carbonyl (C=O) groups excluding carboxylic acids is 1. The van der Waals surface area contributed by atoms with Crippen LogP contribution in [0.15, 0.2) is 30.3 Å². The Morgan fingerprint density at radius 2 is 2.14 bits per heavy atom. The van der Waals surface area contributed by atoms with Gasteiger partial charge in [0.15, 0.2) is 0 Å². The predicted octanol–water partition coefficient (Wildman–Crippen LogP) is 0.599. The molecule has 0 unspecified atom stereocenters. The van der Waals surface area contributed by atoms with Crippen LogP contribution >= 0.6 is 0 Å². The monoisotopic (exact) mass is 306 g/mol. The predicted molar refractivity (Wildman–Crippen MR) is 85.4 cm³/mol. The van der Waals surface area contributed by atoms with Crippen LogP contribution < -0.4 is 10.6 Å². The maximum Gasteiger partial charge on any atom is 0.221 e. The van der Waals surface area contributed by atoms with E-state index in [4.69, 9.17) is 0 Å². The molecule has 1 aromatic rings. The van der Waals surface area contributed by atoms with Crippen LogP contribution in [0.1, 0.15) is 31.2 Å². The number of hydrogen-bond donors (Lipinski definition) is 4. The molecule has 0 aliphatic carbocycles. The minimum Gasteiger partial charge on any atom is -0.395 e. The van der Waals surface area contributed by atoms with Crippen LogP contribution in [0.5, 0.6) is 0 Å². The molecule has 5 heteroatoms. The Balaban J connectivity index is 1.98. The van der Waals surface area contributed by atoms with Crippen LogP contribution in [-0.4, -0.2) is 47.5 Å². The van der Waals surface area contributed by atoms with Crippen LogP contribution in [0.3, 0.4) is 0 Å². The summed E-state index contributed by atoms with van der Waals surface area (Å²) in [7, 11) is 1.62. The molecule has 0 spiro atoms. The van der Waals surface area contributed by atoms with Gasteiger partial charge in [-0.05, 0) is 31.2 Å². The van der Waals surface area contributed by atoms with E-state index < -0.39 is 11.6 Å². The number of aliphatic hydroxyl groups excluding tert-OH is 2. The fourth-order valence-corrected chi connectivity index (χ4v) is 3.32. The van der Waals surface area contributed by atoms with Gasteiger partial charge in [0.05, 0.1) is 18.8 Å². The average Bonchev–Trinajstić information content (AvgIpc) is 2.84. The SMILES string of the molecule is CNC(=O)C[C@]1(CCCc2ccccc2)C[C@H](O)[C@@H](CO)N1. The summed E-state index contributed by atoms with van der Waals surface area (Å²) in [6.45, 7) is -0.116. The minimum absolute atomic E-state index is 0.0435. The fourth-order valence-electron chi connectivity index (χ4n) is 3.32. The van der Waals surface area contributed by atoms with Gasteiger partial charge in [-0.25, -0.2) is 0 Å². The molecule has 1 saturated heterocycles. The van der Waals surface area contributed by atoms with E-state index in [2.05, 4.69) is 22.8 Å². The summed E-state index contributed by atoms with van der Waals surface area (Å²) in [4.78, 5) is 11.8. The lowest BCUT2D eigenvalue weighted by molar-refractivity contribution is -0.122. The van der Waals surface area contributed by atoms with Gasteiger partial charge in [-0.1, -0.05) is 30.3 Å². The van der Waals surface area contributed by atoms with E-state index in [1.54, 1.807) is 7.05 Å². The van der Waals surface area contributed by atoms with Crippen LogP contribution in [0.25, 0.3) is 0 Å². The van der Waals surface area contributed by atoms with E-state index >= 15 is 0 Å². The Kier molecular flexibility index (Phi) is 5.94. The molecule has 2 rings (SSSR count). The van der Waals surface area contributed by atoms with E-state index in [1.807, 2.05) is 18.2 Å². The quantitative estimate of drug-likeness (QED) is 0.595. The molecule has 22 heavy (non-hydrogen) atoms. The van der Waals surface area contributed by atoms with Crippen molar-refractivity contribution in [1.29, 1.82) is 0 Å². The highest BCUT2D eigenvalue weighted by Gasteiger charge is 2.44. The van der Waals surface area contributed by atoms with Gasteiger partial charge < -0.3 is 20.8 Å². The summed E-state index contributed by atoms with van der Waals surface area (Å²) in [5.41, 5.74) is 0.844. The van der Waals surface area contributed by atoms with E-state index in [-0.39, 0.29) is 18.6 Å². The van der Waals surface area contributed by atoms with Crippen LogP contribution in [0.2, 0.25) is 0 Å². The van der Waals surface area contributed by atoms with Crippen molar-refractivity contribution in [3.8, 4) is 0 Å². The molecule has 0 saturated carbocycles. The number of benzene rings is 1. The first-order valence-electron chi connectivity index (χ1n) is 7.90. The molecule has 1 heterocycles. The summed E-state index contributed by atoms with van der Waals surface area (Å²) in [6, 6.07) is 9.89. The van der Waals surface area contributed by atoms with Crippen molar-refractivity contribution >= 4 is 5.91 Å². The van der Waals surface area contributed by atoms with E-state index in [0.717, 1.165) is 19.3 Å². The zero-order valence-corrected chi connectivity index (χ0v) is 13.1. The first kappa shape index (κ1) is 16.9. The molecule has 1 fully saturated rings. The van der Waals surface area contributed by atoms with Gasteiger partial charge >= 0.3 is 0 Å². The zero-order valence-electron chi connectivity index (χ0n) is 13.1. The third kappa shape index (κ3) is 4.29. The van der Waals surface area contributed by atoms with E-state index in [0.29, 0.717) is 12.8 Å². The molecule has 0 radical (unpaired) electrons. The Labute approximate surface area is 131 Å². The van der Waals surface area contributed by atoms with Gasteiger partial charge in [0.1, 0.15) is 0 Å². The molecule has 0 bridgehead atoms. The lowest BCUT2D eigenvalue weighted by Gasteiger charge is -2.29. The van der Waals surface area contributed by atoms with Crippen LogP contribution in [0.4, 0.5) is 0 Å². The average molecular weight is 306 g/mol. The third-order valence-corrected chi connectivity index (χ3v) is 4.49. The van der Waals surface area contributed by atoms with Crippen molar-refractivity contribution in [3.05, 3.63) is 35.9 Å². The number of aliphatic hydroxyl groups is 2. The summed E-state index contributed by atoms with van der Waals surface area (Å²) >= 11 is 0. The molecule has 122 valence electrons. The molecule has 1 aliphatic heterocycles. The van der Waals surface area contributed by atoms with Crippen LogP contribution in [0, 0.1) is 0 Å². The van der Waals surface area contributed by atoms with Crippen molar-refractivity contribution in [1.82, 2.24) is 10.6 Å². The van der Waals surface area contributed by atoms with Crippen molar-refractivity contribution in [2.45, 2.75) is 49.8 Å². The standard InChI is InChI=1S/C17H26N2O3/c1-18-16(22)11-17(10-15(21)14(12-20)19-17)9-5-8-13-6-3-2-4-7-13/h2-4,6-7,14-15,19-21H,5,8-12H2,1H3,(H,18,22)/t14-,15+,17+/m1/s1. The minimum atomic E-state index is -0.605. The number of amides is 1.